The Morgan fingerprint density at radius 2 is 1.94 bits per heavy atom. The number of piperazine rings is 1. The maximum Gasteiger partial charge on any atom is 0.251 e. The van der Waals surface area contributed by atoms with E-state index in [2.05, 4.69) is 39.9 Å². The van der Waals surface area contributed by atoms with Gasteiger partial charge in [0, 0.05) is 25.2 Å². The van der Waals surface area contributed by atoms with Crippen LogP contribution in [-0.2, 0) is 0 Å². The van der Waals surface area contributed by atoms with Crippen molar-refractivity contribution in [3.63, 3.8) is 0 Å². The van der Waals surface area contributed by atoms with E-state index < -0.39 is 6.43 Å². The number of hydrogen-bond donors (Lipinski definition) is 1. The minimum atomic E-state index is -2.24. The quantitative estimate of drug-likeness (QED) is 0.838. The van der Waals surface area contributed by atoms with Crippen molar-refractivity contribution >= 4 is 0 Å². The van der Waals surface area contributed by atoms with Crippen molar-refractivity contribution in [2.45, 2.75) is 59.5 Å². The smallest absolute Gasteiger partial charge is 0.251 e. The highest BCUT2D eigenvalue weighted by molar-refractivity contribution is 4.93. The summed E-state index contributed by atoms with van der Waals surface area (Å²) in [6, 6.07) is 0.527. The summed E-state index contributed by atoms with van der Waals surface area (Å²) in [4.78, 5) is 1.98. The molecule has 3 atom stereocenters. The predicted molar refractivity (Wildman–Crippen MR) is 72.1 cm³/mol. The van der Waals surface area contributed by atoms with Crippen molar-refractivity contribution in [1.82, 2.24) is 10.2 Å². The Balaban J connectivity index is 2.73. The molecule has 1 aliphatic rings. The Labute approximate surface area is 110 Å². The highest BCUT2D eigenvalue weighted by Gasteiger charge is 2.37. The molecule has 0 bridgehead atoms. The molecule has 0 amide bonds. The predicted octanol–water partition coefficient (Wildman–Crippen LogP) is 2.99. The molecule has 0 aliphatic carbocycles. The Morgan fingerprint density at radius 3 is 2.39 bits per heavy atom. The Bertz CT molecular complexity index is 251. The van der Waals surface area contributed by atoms with Gasteiger partial charge in [-0.3, -0.25) is 4.90 Å². The summed E-state index contributed by atoms with van der Waals surface area (Å²) >= 11 is 0. The van der Waals surface area contributed by atoms with Gasteiger partial charge in [-0.05, 0) is 11.3 Å². The average molecular weight is 262 g/mol. The lowest BCUT2D eigenvalue weighted by Gasteiger charge is -2.47. The van der Waals surface area contributed by atoms with E-state index in [-0.39, 0.29) is 18.0 Å². The largest absolute Gasteiger partial charge is 0.311 e. The van der Waals surface area contributed by atoms with Crippen molar-refractivity contribution in [3.05, 3.63) is 0 Å². The molecule has 2 nitrogen and oxygen atoms in total. The van der Waals surface area contributed by atoms with Gasteiger partial charge < -0.3 is 5.32 Å². The molecule has 1 saturated heterocycles. The topological polar surface area (TPSA) is 15.3 Å². The van der Waals surface area contributed by atoms with Crippen molar-refractivity contribution in [2.24, 2.45) is 11.3 Å². The van der Waals surface area contributed by atoms with Gasteiger partial charge in [0.25, 0.3) is 6.43 Å². The van der Waals surface area contributed by atoms with Crippen LogP contribution in [0.5, 0.6) is 0 Å². The van der Waals surface area contributed by atoms with E-state index >= 15 is 0 Å². The lowest BCUT2D eigenvalue weighted by molar-refractivity contribution is -0.00129. The first kappa shape index (κ1) is 15.8. The van der Waals surface area contributed by atoms with Gasteiger partial charge in [-0.15, -0.1) is 0 Å². The molecular weight excluding hydrogens is 234 g/mol. The van der Waals surface area contributed by atoms with Crippen molar-refractivity contribution in [3.8, 4) is 0 Å². The van der Waals surface area contributed by atoms with Crippen LogP contribution in [0, 0.1) is 11.3 Å². The van der Waals surface area contributed by atoms with E-state index in [0.29, 0.717) is 12.0 Å². The standard InChI is InChI=1S/C14H28F2N2/c1-6-10(2)11-8-18(9-13(15)16)12(7-17-11)14(3,4)5/h10-13,17H,6-9H2,1-5H3. The molecule has 0 aromatic heterocycles. The fourth-order valence-corrected chi connectivity index (χ4v) is 2.74. The van der Waals surface area contributed by atoms with Gasteiger partial charge in [-0.1, -0.05) is 41.0 Å². The Hall–Kier alpha value is -0.220. The molecule has 0 aromatic rings. The van der Waals surface area contributed by atoms with Crippen molar-refractivity contribution in [2.75, 3.05) is 19.6 Å². The zero-order valence-corrected chi connectivity index (χ0v) is 12.3. The van der Waals surface area contributed by atoms with E-state index in [9.17, 15) is 8.78 Å². The minimum Gasteiger partial charge on any atom is -0.311 e. The molecule has 18 heavy (non-hydrogen) atoms. The number of nitrogens with one attached hydrogen (secondary N) is 1. The molecule has 0 saturated carbocycles. The lowest BCUT2D eigenvalue weighted by atomic mass is 9.82. The molecule has 108 valence electrons. The molecule has 0 radical (unpaired) electrons. The van der Waals surface area contributed by atoms with Gasteiger partial charge in [-0.25, -0.2) is 8.78 Å². The molecule has 1 rings (SSSR count). The van der Waals surface area contributed by atoms with E-state index in [1.807, 2.05) is 4.90 Å². The van der Waals surface area contributed by atoms with Crippen LogP contribution in [-0.4, -0.2) is 43.0 Å². The fourth-order valence-electron chi connectivity index (χ4n) is 2.74. The van der Waals surface area contributed by atoms with Crippen molar-refractivity contribution in [1.29, 1.82) is 0 Å². The molecule has 0 spiro atoms. The lowest BCUT2D eigenvalue weighted by Crippen LogP contribution is -2.62. The second-order valence-corrected chi connectivity index (χ2v) is 6.63. The third-order valence-electron chi connectivity index (χ3n) is 4.15. The molecule has 1 N–H and O–H groups in total. The molecule has 4 heteroatoms. The maximum atomic E-state index is 12.7. The van der Waals surface area contributed by atoms with Gasteiger partial charge in [-0.2, -0.15) is 0 Å². The zero-order chi connectivity index (χ0) is 13.9. The zero-order valence-electron chi connectivity index (χ0n) is 12.3. The third-order valence-corrected chi connectivity index (χ3v) is 4.15. The number of hydrogen-bond acceptors (Lipinski definition) is 2. The summed E-state index contributed by atoms with van der Waals surface area (Å²) in [6.07, 6.45) is -1.16. The van der Waals surface area contributed by atoms with E-state index in [4.69, 9.17) is 0 Å². The van der Waals surface area contributed by atoms with E-state index in [1.54, 1.807) is 0 Å². The maximum absolute atomic E-state index is 12.7. The summed E-state index contributed by atoms with van der Waals surface area (Å²) in [5.41, 5.74) is 0.0301. The van der Waals surface area contributed by atoms with Gasteiger partial charge >= 0.3 is 0 Å². The monoisotopic (exact) mass is 262 g/mol. The van der Waals surface area contributed by atoms with Crippen LogP contribution in [0.2, 0.25) is 0 Å². The second-order valence-electron chi connectivity index (χ2n) is 6.63. The number of rotatable bonds is 4. The second kappa shape index (κ2) is 6.29. The number of nitrogens with zero attached hydrogens (tertiary/aromatic N) is 1. The Kier molecular flexibility index (Phi) is 5.53. The molecule has 0 aromatic carbocycles. The van der Waals surface area contributed by atoms with Crippen LogP contribution in [0.15, 0.2) is 0 Å². The summed E-state index contributed by atoms with van der Waals surface area (Å²) < 4.78 is 25.5. The van der Waals surface area contributed by atoms with Crippen molar-refractivity contribution < 1.29 is 8.78 Å². The molecular formula is C14H28F2N2. The first-order chi connectivity index (χ1) is 8.25. The highest BCUT2D eigenvalue weighted by Crippen LogP contribution is 2.28. The number of alkyl halides is 2. The normalized spacial score (nSPS) is 28.7. The van der Waals surface area contributed by atoms with Crippen LogP contribution >= 0.6 is 0 Å². The first-order valence-electron chi connectivity index (χ1n) is 7.01. The molecule has 1 fully saturated rings. The first-order valence-corrected chi connectivity index (χ1v) is 7.01. The molecule has 3 unspecified atom stereocenters. The minimum absolute atomic E-state index is 0.0301. The highest BCUT2D eigenvalue weighted by atomic mass is 19.3. The van der Waals surface area contributed by atoms with Gasteiger partial charge in [0.2, 0.25) is 0 Å². The van der Waals surface area contributed by atoms with Crippen LogP contribution < -0.4 is 5.32 Å². The fraction of sp³-hybridized carbons (Fsp3) is 1.00. The van der Waals surface area contributed by atoms with Crippen LogP contribution in [0.1, 0.15) is 41.0 Å². The number of halogens is 2. The Morgan fingerprint density at radius 1 is 1.33 bits per heavy atom. The summed E-state index contributed by atoms with van der Waals surface area (Å²) in [5, 5.41) is 3.54. The third kappa shape index (κ3) is 4.16. The summed E-state index contributed by atoms with van der Waals surface area (Å²) in [5.74, 6) is 0.533. The van der Waals surface area contributed by atoms with Gasteiger partial charge in [0.05, 0.1) is 6.54 Å². The van der Waals surface area contributed by atoms with Crippen LogP contribution in [0.4, 0.5) is 8.78 Å². The van der Waals surface area contributed by atoms with E-state index in [0.717, 1.165) is 19.5 Å². The average Bonchev–Trinajstić information content (AvgIpc) is 2.25. The molecule has 1 aliphatic heterocycles. The summed E-state index contributed by atoms with van der Waals surface area (Å²) in [7, 11) is 0. The molecule has 1 heterocycles. The SMILES string of the molecule is CCC(C)C1CN(CC(F)F)C(C(C)(C)C)CN1. The van der Waals surface area contributed by atoms with Gasteiger partial charge in [0.1, 0.15) is 0 Å². The van der Waals surface area contributed by atoms with Gasteiger partial charge in [0.15, 0.2) is 0 Å². The van der Waals surface area contributed by atoms with E-state index in [1.165, 1.54) is 0 Å². The summed E-state index contributed by atoms with van der Waals surface area (Å²) in [6.45, 7) is 12.2. The van der Waals surface area contributed by atoms with Crippen LogP contribution in [0.3, 0.4) is 0 Å². The van der Waals surface area contributed by atoms with Crippen LogP contribution in [0.25, 0.3) is 0 Å².